The molecule has 2 aromatic rings. The number of amides is 2. The van der Waals surface area contributed by atoms with Crippen LogP contribution in [-0.4, -0.2) is 87.1 Å². The number of ether oxygens (including phenoxy) is 3. The number of hydrogen-bond acceptors (Lipinski definition) is 8. The average molecular weight is 832 g/mol. The van der Waals surface area contributed by atoms with E-state index in [0.29, 0.717) is 31.7 Å². The summed E-state index contributed by atoms with van der Waals surface area (Å²) in [5.74, 6) is -0.255. The van der Waals surface area contributed by atoms with Gasteiger partial charge in [0, 0.05) is 25.2 Å². The Morgan fingerprint density at radius 1 is 0.847 bits per heavy atom. The van der Waals surface area contributed by atoms with Gasteiger partial charge < -0.3 is 30.0 Å². The molecule has 11 nitrogen and oxygen atoms in total. The number of aliphatic hydroxyl groups excluding tert-OH is 1. The molecule has 2 saturated heterocycles. The topological polar surface area (TPSA) is 144 Å². The Labute approximate surface area is 352 Å². The van der Waals surface area contributed by atoms with E-state index in [1.54, 1.807) is 12.1 Å². The van der Waals surface area contributed by atoms with Gasteiger partial charge in [-0.05, 0) is 87.1 Å². The maximum atomic E-state index is 14.0. The summed E-state index contributed by atoms with van der Waals surface area (Å²) in [7, 11) is -4.07. The van der Waals surface area contributed by atoms with Crippen molar-refractivity contribution in [3.05, 3.63) is 121 Å². The third-order valence-corrected chi connectivity index (χ3v) is 11.9. The Morgan fingerprint density at radius 2 is 1.47 bits per heavy atom. The summed E-state index contributed by atoms with van der Waals surface area (Å²) in [5.41, 5.74) is 1.35. The lowest BCUT2D eigenvalue weighted by atomic mass is 10.0. The average Bonchev–Trinajstić information content (AvgIpc) is 3.84. The van der Waals surface area contributed by atoms with Crippen molar-refractivity contribution in [2.45, 2.75) is 108 Å². The van der Waals surface area contributed by atoms with Gasteiger partial charge in [0.1, 0.15) is 6.10 Å². The number of benzene rings is 2. The zero-order valence-electron chi connectivity index (χ0n) is 35.0. The highest BCUT2D eigenvalue weighted by Crippen LogP contribution is 2.29. The van der Waals surface area contributed by atoms with Crippen molar-refractivity contribution in [2.75, 3.05) is 38.2 Å². The molecule has 0 saturated carbocycles. The van der Waals surface area contributed by atoms with Crippen LogP contribution in [0.5, 0.6) is 0 Å². The van der Waals surface area contributed by atoms with Crippen LogP contribution in [0.3, 0.4) is 0 Å². The van der Waals surface area contributed by atoms with Crippen molar-refractivity contribution in [1.82, 2.24) is 9.62 Å². The lowest BCUT2D eigenvalue weighted by Gasteiger charge is -2.31. The second-order valence-electron chi connectivity index (χ2n) is 15.4. The molecule has 12 heteroatoms. The maximum Gasteiger partial charge on any atom is 0.407 e. The fraction of sp³-hybridized carbons (Fsp3) is 0.489. The fourth-order valence-corrected chi connectivity index (χ4v) is 8.47. The Hall–Kier alpha value is -4.33. The lowest BCUT2D eigenvalue weighted by Crippen LogP contribution is -2.51. The van der Waals surface area contributed by atoms with Crippen LogP contribution in [0.15, 0.2) is 120 Å². The van der Waals surface area contributed by atoms with Gasteiger partial charge in [0.25, 0.3) is 0 Å². The van der Waals surface area contributed by atoms with Crippen LogP contribution in [0.2, 0.25) is 0 Å². The highest BCUT2D eigenvalue weighted by molar-refractivity contribution is 7.89. The number of alkyl carbamates (subject to hydrolysis) is 1. The molecule has 0 unspecified atom stereocenters. The highest BCUT2D eigenvalue weighted by atomic mass is 32.2. The van der Waals surface area contributed by atoms with Gasteiger partial charge in [-0.2, -0.15) is 4.31 Å². The molecule has 2 heterocycles. The number of allylic oxidation sites excluding steroid dienone is 10. The third-order valence-electron chi connectivity index (χ3n) is 10.0. The van der Waals surface area contributed by atoms with Crippen molar-refractivity contribution in [2.24, 2.45) is 11.8 Å². The molecular formula is C47H65N3O8S. The van der Waals surface area contributed by atoms with Gasteiger partial charge in [-0.25, -0.2) is 13.2 Å². The van der Waals surface area contributed by atoms with Crippen LogP contribution in [0, 0.1) is 11.8 Å². The minimum Gasteiger partial charge on any atom is -0.443 e. The molecule has 322 valence electrons. The van der Waals surface area contributed by atoms with Crippen molar-refractivity contribution < 1.29 is 37.3 Å². The van der Waals surface area contributed by atoms with E-state index in [1.165, 1.54) is 16.4 Å². The molecule has 3 N–H and O–H groups in total. The zero-order valence-corrected chi connectivity index (χ0v) is 35.8. The summed E-state index contributed by atoms with van der Waals surface area (Å²) >= 11 is 0. The Balaban J connectivity index is 1.25. The van der Waals surface area contributed by atoms with E-state index in [9.17, 15) is 23.1 Å². The molecule has 0 aromatic heterocycles. The predicted octanol–water partition coefficient (Wildman–Crippen LogP) is 8.31. The van der Waals surface area contributed by atoms with E-state index in [4.69, 9.17) is 14.2 Å². The van der Waals surface area contributed by atoms with Crippen LogP contribution < -0.4 is 10.6 Å². The Morgan fingerprint density at radius 3 is 2.10 bits per heavy atom. The molecule has 0 spiro atoms. The highest BCUT2D eigenvalue weighted by Gasteiger charge is 2.44. The van der Waals surface area contributed by atoms with Crippen molar-refractivity contribution in [3.63, 3.8) is 0 Å². The van der Waals surface area contributed by atoms with E-state index in [-0.39, 0.29) is 54.9 Å². The number of aliphatic hydroxyl groups is 1. The molecule has 0 aliphatic carbocycles. The molecule has 0 bridgehead atoms. The normalized spacial score (nSPS) is 19.5. The van der Waals surface area contributed by atoms with Crippen molar-refractivity contribution in [3.8, 4) is 0 Å². The molecule has 2 aliphatic rings. The first-order valence-corrected chi connectivity index (χ1v) is 22.5. The lowest BCUT2D eigenvalue weighted by molar-refractivity contribution is -0.116. The Bertz CT molecular complexity index is 1810. The monoisotopic (exact) mass is 831 g/mol. The van der Waals surface area contributed by atoms with Crippen LogP contribution in [0.25, 0.3) is 0 Å². The van der Waals surface area contributed by atoms with Gasteiger partial charge >= 0.3 is 6.09 Å². The SMILES string of the molecule is CCC=CCC=CCC=CCC=CCC=CCCCC(=O)Nc1ccc(S(=O)(=O)N(CC(C)C)C[C@@H](O)[C@H](Cc2ccccc2)NC(=O)O[C@H]2CO[C@H]3COC[C@H]32)cc1. The number of unbranched alkanes of at least 4 members (excludes halogenated alkanes) is 1. The van der Waals surface area contributed by atoms with Crippen LogP contribution >= 0.6 is 0 Å². The number of fused-ring (bicyclic) bond motifs is 1. The smallest absolute Gasteiger partial charge is 0.407 e. The first-order valence-electron chi connectivity index (χ1n) is 21.1. The third kappa shape index (κ3) is 17.1. The number of anilines is 1. The predicted molar refractivity (Wildman–Crippen MR) is 234 cm³/mol. The van der Waals surface area contributed by atoms with Crippen LogP contribution in [0.1, 0.15) is 77.7 Å². The molecule has 0 radical (unpaired) electrons. The first kappa shape index (κ1) is 47.3. The van der Waals surface area contributed by atoms with Gasteiger partial charge in [0.2, 0.25) is 15.9 Å². The summed E-state index contributed by atoms with van der Waals surface area (Å²) in [6, 6.07) is 14.6. The molecule has 2 amide bonds. The molecular weight excluding hydrogens is 767 g/mol. The molecule has 5 atom stereocenters. The Kier molecular flexibility index (Phi) is 20.9. The number of carbonyl (C=O) groups is 2. The van der Waals surface area contributed by atoms with E-state index in [1.807, 2.05) is 44.2 Å². The van der Waals surface area contributed by atoms with Crippen LogP contribution in [0.4, 0.5) is 10.5 Å². The fourth-order valence-electron chi connectivity index (χ4n) is 6.85. The summed E-state index contributed by atoms with van der Waals surface area (Å²) in [6.45, 7) is 6.99. The van der Waals surface area contributed by atoms with Crippen LogP contribution in [-0.2, 0) is 35.4 Å². The number of hydrogen-bond donors (Lipinski definition) is 3. The zero-order chi connectivity index (χ0) is 42.3. The van der Waals surface area contributed by atoms with E-state index < -0.39 is 34.4 Å². The quantitative estimate of drug-likeness (QED) is 0.0670. The minimum absolute atomic E-state index is 0.0308. The second kappa shape index (κ2) is 26.0. The number of rotatable bonds is 25. The van der Waals surface area contributed by atoms with E-state index in [0.717, 1.165) is 44.1 Å². The molecule has 2 fully saturated rings. The first-order chi connectivity index (χ1) is 28.6. The number of nitrogens with zero attached hydrogens (tertiary/aromatic N) is 1. The van der Waals surface area contributed by atoms with Crippen molar-refractivity contribution >= 4 is 27.7 Å². The van der Waals surface area contributed by atoms with Gasteiger partial charge in [0.15, 0.2) is 0 Å². The molecule has 4 rings (SSSR count). The van der Waals surface area contributed by atoms with E-state index in [2.05, 4.69) is 78.3 Å². The number of carbonyl (C=O) groups excluding carboxylic acids is 2. The molecule has 2 aromatic carbocycles. The maximum absolute atomic E-state index is 14.0. The number of sulfonamides is 1. The standard InChI is InChI=1S/C47H65N3O8S/c1-4-5-6-7-8-9-10-11-12-13-14-15-16-17-18-19-23-26-46(52)48-39-27-29-40(30-28-39)59(54,55)50(32-37(2)3)33-43(51)42(31-38-24-21-20-22-25-38)49-47(53)58-45-36-57-44-35-56-34-41(44)45/h5-6,8-9,11-12,14-15,17-18,20-22,24-25,27-30,37,41-45,51H,4,7,10,13,16,19,23,26,31-36H2,1-3H3,(H,48,52)(H,49,53)/t41-,42+,43-,44+,45+/m1/s1. The van der Waals surface area contributed by atoms with Gasteiger partial charge in [0.05, 0.1) is 48.9 Å². The minimum atomic E-state index is -4.07. The van der Waals surface area contributed by atoms with Gasteiger partial charge in [-0.3, -0.25) is 4.79 Å². The molecule has 59 heavy (non-hydrogen) atoms. The largest absolute Gasteiger partial charge is 0.443 e. The number of nitrogens with one attached hydrogen (secondary N) is 2. The van der Waals surface area contributed by atoms with Gasteiger partial charge in [-0.1, -0.05) is 112 Å². The molecule has 2 aliphatic heterocycles. The van der Waals surface area contributed by atoms with E-state index >= 15 is 0 Å². The van der Waals surface area contributed by atoms with Gasteiger partial charge in [-0.15, -0.1) is 0 Å². The van der Waals surface area contributed by atoms with Crippen molar-refractivity contribution in [1.29, 1.82) is 0 Å². The summed E-state index contributed by atoms with van der Waals surface area (Å²) in [5, 5.41) is 17.3. The summed E-state index contributed by atoms with van der Waals surface area (Å²) in [6.07, 6.45) is 25.8. The summed E-state index contributed by atoms with van der Waals surface area (Å²) in [4.78, 5) is 25.9. The second-order valence-corrected chi connectivity index (χ2v) is 17.4. The summed E-state index contributed by atoms with van der Waals surface area (Å²) < 4.78 is 46.2.